The lowest BCUT2D eigenvalue weighted by atomic mass is 9.80. The molecule has 1 aliphatic carbocycles. The number of ether oxygens (including phenoxy) is 2. The minimum Gasteiger partial charge on any atom is -0.491 e. The second kappa shape index (κ2) is 8.00. The monoisotopic (exact) mass is 467 g/mol. The number of amides is 1. The van der Waals surface area contributed by atoms with Crippen LogP contribution in [0.1, 0.15) is 46.8 Å². The van der Waals surface area contributed by atoms with Crippen molar-refractivity contribution in [2.75, 3.05) is 26.5 Å². The lowest BCUT2D eigenvalue weighted by Gasteiger charge is -2.35. The molecule has 2 aromatic carbocycles. The maximum absolute atomic E-state index is 13.4. The molecule has 1 saturated carbocycles. The summed E-state index contributed by atoms with van der Waals surface area (Å²) in [6.45, 7) is 0.397. The fraction of sp³-hybridized carbons (Fsp3) is 0.296. The van der Waals surface area contributed by atoms with Gasteiger partial charge >= 0.3 is 0 Å². The summed E-state index contributed by atoms with van der Waals surface area (Å²) in [6, 6.07) is 11.2. The van der Waals surface area contributed by atoms with Crippen LogP contribution in [0.3, 0.4) is 0 Å². The van der Waals surface area contributed by atoms with Gasteiger partial charge in [0.05, 0.1) is 29.6 Å². The van der Waals surface area contributed by atoms with E-state index >= 15 is 0 Å². The molecule has 0 spiro atoms. The summed E-state index contributed by atoms with van der Waals surface area (Å²) in [7, 11) is 3.52. The number of methoxy groups -OCH3 is 1. The summed E-state index contributed by atoms with van der Waals surface area (Å²) >= 11 is 0. The van der Waals surface area contributed by atoms with Gasteiger partial charge in [0.2, 0.25) is 0 Å². The van der Waals surface area contributed by atoms with Gasteiger partial charge in [-0.2, -0.15) is 0 Å². The highest BCUT2D eigenvalue weighted by atomic mass is 16.5. The van der Waals surface area contributed by atoms with Gasteiger partial charge in [0, 0.05) is 30.8 Å². The molecule has 3 heterocycles. The lowest BCUT2D eigenvalue weighted by Crippen LogP contribution is -2.37. The van der Waals surface area contributed by atoms with Crippen molar-refractivity contribution in [3.05, 3.63) is 65.6 Å². The van der Waals surface area contributed by atoms with E-state index in [0.29, 0.717) is 29.0 Å². The summed E-state index contributed by atoms with van der Waals surface area (Å²) in [5, 5.41) is 0. The number of carbonyl (C=O) groups excluding carboxylic acids is 1. The summed E-state index contributed by atoms with van der Waals surface area (Å²) in [4.78, 5) is 23.8. The molecule has 35 heavy (non-hydrogen) atoms. The zero-order chi connectivity index (χ0) is 24.2. The Balaban J connectivity index is 1.27. The fourth-order valence-electron chi connectivity index (χ4n) is 4.81. The Bertz CT molecular complexity index is 1540. The molecule has 0 saturated heterocycles. The van der Waals surface area contributed by atoms with Gasteiger partial charge in [-0.3, -0.25) is 9.20 Å². The van der Waals surface area contributed by atoms with E-state index in [1.165, 1.54) is 0 Å². The summed E-state index contributed by atoms with van der Waals surface area (Å²) in [5.74, 6) is 7.58. The topological polar surface area (TPSA) is 95.0 Å². The van der Waals surface area contributed by atoms with Gasteiger partial charge in [0.15, 0.2) is 0 Å². The van der Waals surface area contributed by atoms with E-state index in [4.69, 9.17) is 15.2 Å². The molecule has 6 rings (SSSR count). The van der Waals surface area contributed by atoms with Crippen LogP contribution in [-0.2, 0) is 4.74 Å². The summed E-state index contributed by atoms with van der Waals surface area (Å²) < 4.78 is 13.4. The molecule has 1 amide bonds. The Morgan fingerprint density at radius 1 is 1.26 bits per heavy atom. The molecule has 0 bridgehead atoms. The predicted molar refractivity (Wildman–Crippen MR) is 132 cm³/mol. The number of hydrogen-bond donors (Lipinski definition) is 1. The van der Waals surface area contributed by atoms with Crippen molar-refractivity contribution in [2.45, 2.75) is 30.9 Å². The highest BCUT2D eigenvalue weighted by Crippen LogP contribution is 2.37. The van der Waals surface area contributed by atoms with E-state index < -0.39 is 0 Å². The van der Waals surface area contributed by atoms with E-state index in [-0.39, 0.29) is 17.6 Å². The number of nitrogen functional groups attached to an aromatic ring is 1. The summed E-state index contributed by atoms with van der Waals surface area (Å²) in [5.41, 5.74) is 10.3. The number of anilines is 1. The summed E-state index contributed by atoms with van der Waals surface area (Å²) in [6.07, 6.45) is 6.42. The normalized spacial score (nSPS) is 17.8. The van der Waals surface area contributed by atoms with Crippen LogP contribution in [0.15, 0.2) is 48.9 Å². The average Bonchev–Trinajstić information content (AvgIpc) is 3.50. The van der Waals surface area contributed by atoms with Crippen LogP contribution in [-0.4, -0.2) is 51.5 Å². The van der Waals surface area contributed by atoms with Crippen LogP contribution in [0.25, 0.3) is 16.6 Å². The molecule has 1 atom stereocenters. The number of hydrogen-bond acceptors (Lipinski definition) is 6. The number of imidazole rings is 1. The first-order valence-electron chi connectivity index (χ1n) is 11.6. The SMILES string of the molecule is COC1(C#Cc2ccc3c(c2)OC[C@H]3N(C)C(=O)c2ccc3nc(N)c4cncn4c3c2)CCC1. The standard InChI is InChI=1S/C27H25N5O3/c1-31(26(33)18-5-7-20-21(13-18)32-16-29-14-22(32)25(28)30-20)23-15-35-24-12-17(4-6-19(23)24)8-11-27(34-2)9-3-10-27/h4-7,12-14,16,23H,3,9-10,15H2,1-2H3,(H2,28,30)/t23-/m1/s1. The Labute approximate surface area is 202 Å². The van der Waals surface area contributed by atoms with E-state index in [1.807, 2.05) is 34.7 Å². The van der Waals surface area contributed by atoms with Gasteiger partial charge in [-0.1, -0.05) is 17.9 Å². The molecule has 2 N–H and O–H groups in total. The van der Waals surface area contributed by atoms with Gasteiger partial charge in [-0.15, -0.1) is 0 Å². The molecule has 176 valence electrons. The number of rotatable bonds is 3. The second-order valence-corrected chi connectivity index (χ2v) is 9.15. The third kappa shape index (κ3) is 3.47. The Kier molecular flexibility index (Phi) is 4.90. The fourth-order valence-corrected chi connectivity index (χ4v) is 4.81. The van der Waals surface area contributed by atoms with Crippen molar-refractivity contribution in [1.82, 2.24) is 19.3 Å². The predicted octanol–water partition coefficient (Wildman–Crippen LogP) is 3.59. The number of nitrogens with zero attached hydrogens (tertiary/aromatic N) is 4. The van der Waals surface area contributed by atoms with Crippen molar-refractivity contribution in [3.63, 3.8) is 0 Å². The van der Waals surface area contributed by atoms with Gasteiger partial charge in [0.1, 0.15) is 29.3 Å². The Morgan fingerprint density at radius 3 is 2.89 bits per heavy atom. The largest absolute Gasteiger partial charge is 0.491 e. The zero-order valence-corrected chi connectivity index (χ0v) is 19.6. The number of benzene rings is 2. The first-order valence-corrected chi connectivity index (χ1v) is 11.6. The smallest absolute Gasteiger partial charge is 0.254 e. The van der Waals surface area contributed by atoms with Crippen molar-refractivity contribution in [3.8, 4) is 17.6 Å². The average molecular weight is 468 g/mol. The van der Waals surface area contributed by atoms with Crippen LogP contribution in [0.4, 0.5) is 5.82 Å². The third-order valence-corrected chi connectivity index (χ3v) is 7.17. The van der Waals surface area contributed by atoms with Gasteiger partial charge < -0.3 is 20.1 Å². The van der Waals surface area contributed by atoms with Gasteiger partial charge in [0.25, 0.3) is 5.91 Å². The number of carbonyl (C=O) groups is 1. The van der Waals surface area contributed by atoms with Crippen molar-refractivity contribution >= 4 is 28.3 Å². The molecule has 0 unspecified atom stereocenters. The van der Waals surface area contributed by atoms with Crippen LogP contribution in [0, 0.1) is 11.8 Å². The maximum Gasteiger partial charge on any atom is 0.254 e. The van der Waals surface area contributed by atoms with E-state index in [1.54, 1.807) is 37.6 Å². The lowest BCUT2D eigenvalue weighted by molar-refractivity contribution is -0.0215. The minimum absolute atomic E-state index is 0.102. The van der Waals surface area contributed by atoms with Crippen molar-refractivity contribution in [1.29, 1.82) is 0 Å². The van der Waals surface area contributed by atoms with Crippen LogP contribution in [0.5, 0.6) is 5.75 Å². The number of nitrogens with two attached hydrogens (primary N) is 1. The molecule has 1 aliphatic heterocycles. The van der Waals surface area contributed by atoms with E-state index in [9.17, 15) is 4.79 Å². The van der Waals surface area contributed by atoms with Crippen LogP contribution < -0.4 is 10.5 Å². The van der Waals surface area contributed by atoms with Gasteiger partial charge in [-0.25, -0.2) is 9.97 Å². The molecular formula is C27H25N5O3. The molecule has 1 fully saturated rings. The quantitative estimate of drug-likeness (QED) is 0.463. The molecule has 0 radical (unpaired) electrons. The third-order valence-electron chi connectivity index (χ3n) is 7.17. The van der Waals surface area contributed by atoms with Crippen molar-refractivity contribution in [2.24, 2.45) is 0 Å². The molecule has 8 heteroatoms. The molecule has 4 aromatic rings. The number of likely N-dealkylation sites (N-methyl/N-ethyl adjacent to an activating group) is 1. The maximum atomic E-state index is 13.4. The van der Waals surface area contributed by atoms with Gasteiger partial charge in [-0.05, 0) is 49.6 Å². The zero-order valence-electron chi connectivity index (χ0n) is 19.6. The highest BCUT2D eigenvalue weighted by Gasteiger charge is 2.35. The first kappa shape index (κ1) is 21.4. The Morgan fingerprint density at radius 2 is 2.11 bits per heavy atom. The molecule has 8 nitrogen and oxygen atoms in total. The number of fused-ring (bicyclic) bond motifs is 4. The van der Waals surface area contributed by atoms with Crippen LogP contribution >= 0.6 is 0 Å². The van der Waals surface area contributed by atoms with Crippen molar-refractivity contribution < 1.29 is 14.3 Å². The highest BCUT2D eigenvalue weighted by molar-refractivity contribution is 5.98. The molecule has 2 aliphatic rings. The first-order chi connectivity index (χ1) is 17.0. The van der Waals surface area contributed by atoms with E-state index in [2.05, 4.69) is 21.8 Å². The second-order valence-electron chi connectivity index (χ2n) is 9.15. The number of aromatic nitrogens is 3. The molecule has 2 aromatic heterocycles. The Hall–Kier alpha value is -4.09. The van der Waals surface area contributed by atoms with Crippen LogP contribution in [0.2, 0.25) is 0 Å². The van der Waals surface area contributed by atoms with E-state index in [0.717, 1.165) is 41.7 Å². The molecular weight excluding hydrogens is 442 g/mol. The minimum atomic E-state index is -0.307.